The zero-order valence-corrected chi connectivity index (χ0v) is 18.9. The number of hydrogen-bond acceptors (Lipinski definition) is 5. The number of rotatable bonds is 3. The highest BCUT2D eigenvalue weighted by molar-refractivity contribution is 6.31. The zero-order valence-electron chi connectivity index (χ0n) is 18.2. The monoisotopic (exact) mass is 481 g/mol. The van der Waals surface area contributed by atoms with E-state index in [0.717, 1.165) is 11.1 Å². The Balaban J connectivity index is 1.63. The molecule has 176 valence electrons. The third kappa shape index (κ3) is 4.18. The van der Waals surface area contributed by atoms with Gasteiger partial charge in [0.2, 0.25) is 0 Å². The molecule has 1 unspecified atom stereocenters. The van der Waals surface area contributed by atoms with Gasteiger partial charge >= 0.3 is 6.03 Å². The van der Waals surface area contributed by atoms with Gasteiger partial charge in [-0.2, -0.15) is 5.10 Å². The number of carbonyl (C=O) groups is 3. The number of urea groups is 1. The molecule has 2 aromatic rings. The van der Waals surface area contributed by atoms with Crippen LogP contribution in [0.15, 0.2) is 12.1 Å². The summed E-state index contributed by atoms with van der Waals surface area (Å²) in [5, 5.41) is 7.62. The first kappa shape index (κ1) is 23.1. The van der Waals surface area contributed by atoms with E-state index < -0.39 is 29.7 Å². The second-order valence-electron chi connectivity index (χ2n) is 8.03. The van der Waals surface area contributed by atoms with Crippen molar-refractivity contribution >= 4 is 35.0 Å². The van der Waals surface area contributed by atoms with Gasteiger partial charge in [0.25, 0.3) is 5.91 Å². The second-order valence-corrected chi connectivity index (χ2v) is 8.44. The number of Topliss-reactive ketones (excluding diaryl/α,β-unsaturated/α-hetero) is 1. The van der Waals surface area contributed by atoms with E-state index in [1.54, 1.807) is 13.8 Å². The first-order chi connectivity index (χ1) is 15.6. The maximum Gasteiger partial charge on any atom is 0.322 e. The molecular formula is C21H22ClF2N5O4. The van der Waals surface area contributed by atoms with Crippen LogP contribution in [0.4, 0.5) is 19.3 Å². The number of halogens is 3. The lowest BCUT2D eigenvalue weighted by Gasteiger charge is -2.33. The quantitative estimate of drug-likeness (QED) is 0.679. The summed E-state index contributed by atoms with van der Waals surface area (Å²) in [7, 11) is 1.42. The van der Waals surface area contributed by atoms with Crippen molar-refractivity contribution in [3.63, 3.8) is 0 Å². The van der Waals surface area contributed by atoms with E-state index in [4.69, 9.17) is 16.4 Å². The fourth-order valence-corrected chi connectivity index (χ4v) is 4.17. The molecule has 0 saturated heterocycles. The molecule has 2 aliphatic heterocycles. The molecule has 0 fully saturated rings. The molecule has 4 rings (SSSR count). The Bertz CT molecular complexity index is 1150. The summed E-state index contributed by atoms with van der Waals surface area (Å²) in [4.78, 5) is 45.1. The summed E-state index contributed by atoms with van der Waals surface area (Å²) in [6.45, 7) is 3.61. The number of aromatic nitrogens is 2. The largest absolute Gasteiger partial charge is 0.322 e. The number of nitrogens with one attached hydrogen (secondary N) is 1. The number of hydrogen-bond donors (Lipinski definition) is 1. The lowest BCUT2D eigenvalue weighted by atomic mass is 9.99. The fraction of sp³-hybridized carbons (Fsp3) is 0.429. The van der Waals surface area contributed by atoms with E-state index in [1.165, 1.54) is 16.6 Å². The molecular weight excluding hydrogens is 460 g/mol. The number of nitrogens with zero attached hydrogens (tertiary/aromatic N) is 4. The van der Waals surface area contributed by atoms with Crippen LogP contribution in [-0.4, -0.2) is 56.7 Å². The van der Waals surface area contributed by atoms with Crippen molar-refractivity contribution in [1.82, 2.24) is 19.7 Å². The van der Waals surface area contributed by atoms with E-state index in [2.05, 4.69) is 10.4 Å². The Hall–Kier alpha value is -3.05. The van der Waals surface area contributed by atoms with Crippen LogP contribution in [-0.2, 0) is 29.1 Å². The van der Waals surface area contributed by atoms with Gasteiger partial charge in [-0.1, -0.05) is 18.5 Å². The molecule has 0 aliphatic carbocycles. The van der Waals surface area contributed by atoms with Crippen LogP contribution in [0.5, 0.6) is 0 Å². The van der Waals surface area contributed by atoms with Crippen molar-refractivity contribution < 1.29 is 28.0 Å². The smallest absolute Gasteiger partial charge is 0.317 e. The summed E-state index contributed by atoms with van der Waals surface area (Å²) in [5.41, 5.74) is 1.15. The molecule has 0 bridgehead atoms. The predicted molar refractivity (Wildman–Crippen MR) is 114 cm³/mol. The van der Waals surface area contributed by atoms with E-state index in [9.17, 15) is 23.2 Å². The lowest BCUT2D eigenvalue weighted by molar-refractivity contribution is -0.166. The average molecular weight is 482 g/mol. The van der Waals surface area contributed by atoms with E-state index in [1.807, 2.05) is 0 Å². The predicted octanol–water partition coefficient (Wildman–Crippen LogP) is 3.16. The van der Waals surface area contributed by atoms with E-state index >= 15 is 0 Å². The van der Waals surface area contributed by atoms with Crippen LogP contribution in [0.2, 0.25) is 5.02 Å². The maximum absolute atomic E-state index is 14.1. The minimum atomic E-state index is -0.962. The van der Waals surface area contributed by atoms with Crippen molar-refractivity contribution in [3.8, 4) is 0 Å². The molecule has 1 aromatic heterocycles. The van der Waals surface area contributed by atoms with Crippen LogP contribution in [0.1, 0.15) is 42.0 Å². The van der Waals surface area contributed by atoms with Crippen molar-refractivity contribution in [3.05, 3.63) is 45.7 Å². The number of anilines is 1. The molecule has 9 nitrogen and oxygen atoms in total. The Labute approximate surface area is 193 Å². The molecule has 12 heteroatoms. The Morgan fingerprint density at radius 1 is 1.30 bits per heavy atom. The minimum absolute atomic E-state index is 0.0280. The van der Waals surface area contributed by atoms with Gasteiger partial charge in [-0.05, 0) is 13.0 Å². The van der Waals surface area contributed by atoms with Gasteiger partial charge in [-0.25, -0.2) is 18.6 Å². The number of benzene rings is 1. The van der Waals surface area contributed by atoms with Gasteiger partial charge in [0.15, 0.2) is 11.9 Å². The fourth-order valence-electron chi connectivity index (χ4n) is 4.01. The highest BCUT2D eigenvalue weighted by atomic mass is 35.5. The van der Waals surface area contributed by atoms with Gasteiger partial charge < -0.3 is 10.2 Å². The molecule has 2 atom stereocenters. The third-order valence-corrected chi connectivity index (χ3v) is 6.11. The average Bonchev–Trinajstić information content (AvgIpc) is 3.05. The van der Waals surface area contributed by atoms with Crippen molar-refractivity contribution in [1.29, 1.82) is 0 Å². The van der Waals surface area contributed by atoms with Crippen molar-refractivity contribution in [2.24, 2.45) is 0 Å². The number of carbonyl (C=O) groups excluding carboxylic acids is 3. The van der Waals surface area contributed by atoms with Gasteiger partial charge in [0.1, 0.15) is 17.3 Å². The second kappa shape index (κ2) is 8.71. The normalized spacial score (nSPS) is 20.2. The third-order valence-electron chi connectivity index (χ3n) is 5.82. The summed E-state index contributed by atoms with van der Waals surface area (Å²) in [6, 6.07) is 0.624. The van der Waals surface area contributed by atoms with Crippen LogP contribution in [0.3, 0.4) is 0 Å². The topological polar surface area (TPSA) is 96.8 Å². The number of fused-ring (bicyclic) bond motifs is 3. The van der Waals surface area contributed by atoms with Crippen LogP contribution in [0, 0.1) is 11.6 Å². The molecule has 1 N–H and O–H groups in total. The summed E-state index contributed by atoms with van der Waals surface area (Å²) in [6.07, 6.45) is -0.257. The van der Waals surface area contributed by atoms with Gasteiger partial charge in [0.05, 0.1) is 29.5 Å². The standard InChI is InChI=1S/C21H22ClF2N5O4/c1-4-17(30)18-9-29-19(20(31)27(3)33-18)11-8-28(10(2)5-15(11)26-29)21(32)25-16-6-12(22)13(23)7-14(16)24/h6-7,10,18H,4-5,8-9H2,1-3H3,(H,25,32)/t10-,18?/m1/s1. The van der Waals surface area contributed by atoms with Crippen molar-refractivity contribution in [2.45, 2.75) is 51.9 Å². The SMILES string of the molecule is CCC(=O)C1Cn2nc3c(c2C(=O)N(C)O1)CN(C(=O)Nc1cc(Cl)c(F)cc1F)[C@H](C)C3. The van der Waals surface area contributed by atoms with Crippen LogP contribution >= 0.6 is 11.6 Å². The molecule has 0 spiro atoms. The molecule has 33 heavy (non-hydrogen) atoms. The first-order valence-corrected chi connectivity index (χ1v) is 10.8. The number of amides is 3. The molecule has 0 radical (unpaired) electrons. The molecule has 3 amide bonds. The van der Waals surface area contributed by atoms with Crippen LogP contribution < -0.4 is 5.32 Å². The molecule has 2 aliphatic rings. The zero-order chi connectivity index (χ0) is 24.0. The number of hydroxylamine groups is 2. The summed E-state index contributed by atoms with van der Waals surface area (Å²) >= 11 is 5.71. The van der Waals surface area contributed by atoms with Gasteiger partial charge in [-0.3, -0.25) is 19.1 Å². The Morgan fingerprint density at radius 3 is 2.73 bits per heavy atom. The highest BCUT2D eigenvalue weighted by Crippen LogP contribution is 2.30. The minimum Gasteiger partial charge on any atom is -0.317 e. The maximum atomic E-state index is 14.1. The van der Waals surface area contributed by atoms with E-state index in [-0.39, 0.29) is 47.7 Å². The molecule has 3 heterocycles. The molecule has 0 saturated carbocycles. The summed E-state index contributed by atoms with van der Waals surface area (Å²) in [5.74, 6) is -2.54. The first-order valence-electron chi connectivity index (χ1n) is 10.4. The van der Waals surface area contributed by atoms with Crippen LogP contribution in [0.25, 0.3) is 0 Å². The molecule has 1 aromatic carbocycles. The van der Waals surface area contributed by atoms with Crippen molar-refractivity contribution in [2.75, 3.05) is 12.4 Å². The Kier molecular flexibility index (Phi) is 6.10. The van der Waals surface area contributed by atoms with E-state index in [0.29, 0.717) is 23.7 Å². The highest BCUT2D eigenvalue weighted by Gasteiger charge is 2.38. The van der Waals surface area contributed by atoms with Gasteiger partial charge in [-0.15, -0.1) is 0 Å². The Morgan fingerprint density at radius 2 is 2.03 bits per heavy atom. The van der Waals surface area contributed by atoms with Gasteiger partial charge in [0, 0.05) is 37.6 Å². The lowest BCUT2D eigenvalue weighted by Crippen LogP contribution is -2.45. The summed E-state index contributed by atoms with van der Waals surface area (Å²) < 4.78 is 29.0. The number of ketones is 1.